The zero-order chi connectivity index (χ0) is 24.0. The minimum atomic E-state index is 0.156. The Morgan fingerprint density at radius 2 is 1.44 bits per heavy atom. The number of hydrogen-bond donors (Lipinski definition) is 2. The highest BCUT2D eigenvalue weighted by atomic mass is 16.3. The molecule has 0 unspecified atom stereocenters. The van der Waals surface area contributed by atoms with Crippen molar-refractivity contribution in [3.8, 4) is 33.8 Å². The summed E-state index contributed by atoms with van der Waals surface area (Å²) in [6, 6.07) is 24.1. The highest BCUT2D eigenvalue weighted by Gasteiger charge is 2.22. The number of phenolic OH excluding ortho intramolecular Hbond substituents is 2. The molecular weight excluding hydrogens is 416 g/mol. The number of aryl methyl sites for hydroxylation is 3. The van der Waals surface area contributed by atoms with Crippen LogP contribution in [-0.2, 0) is 6.42 Å². The van der Waals surface area contributed by atoms with E-state index in [4.69, 9.17) is 0 Å². The topological polar surface area (TPSA) is 40.5 Å². The predicted octanol–water partition coefficient (Wildman–Crippen LogP) is 8.56. The van der Waals surface area contributed by atoms with Gasteiger partial charge in [0, 0.05) is 11.1 Å². The van der Waals surface area contributed by atoms with Crippen LogP contribution >= 0.6 is 0 Å². The van der Waals surface area contributed by atoms with Crippen LogP contribution in [0.25, 0.3) is 49.9 Å². The van der Waals surface area contributed by atoms with E-state index in [-0.39, 0.29) is 11.5 Å². The standard InChI is InChI=1S/C32H28O2/c1-5-21-12-14-24-26(17-21)19(3)16-28(33)31(24)32-25-15-13-22(6-2)20(4)30(25)27(18-29(32)34)23-10-8-7-9-11-23/h5,7-18,33-34H,1,6H2,2-4H3. The van der Waals surface area contributed by atoms with Crippen molar-refractivity contribution in [2.75, 3.05) is 0 Å². The smallest absolute Gasteiger partial charge is 0.124 e. The van der Waals surface area contributed by atoms with E-state index in [2.05, 4.69) is 50.8 Å². The summed E-state index contributed by atoms with van der Waals surface area (Å²) in [5, 5.41) is 26.6. The van der Waals surface area contributed by atoms with Crippen molar-refractivity contribution in [3.63, 3.8) is 0 Å². The highest BCUT2D eigenvalue weighted by molar-refractivity contribution is 6.14. The molecule has 0 heterocycles. The van der Waals surface area contributed by atoms with Crippen LogP contribution in [0.2, 0.25) is 0 Å². The summed E-state index contributed by atoms with van der Waals surface area (Å²) in [4.78, 5) is 0. The van der Waals surface area contributed by atoms with Gasteiger partial charge >= 0.3 is 0 Å². The Morgan fingerprint density at radius 3 is 2.15 bits per heavy atom. The maximum atomic E-state index is 11.4. The zero-order valence-corrected chi connectivity index (χ0v) is 19.8. The van der Waals surface area contributed by atoms with Crippen molar-refractivity contribution in [2.24, 2.45) is 0 Å². The molecule has 0 bridgehead atoms. The van der Waals surface area contributed by atoms with E-state index in [1.54, 1.807) is 6.07 Å². The Labute approximate surface area is 200 Å². The Kier molecular flexibility index (Phi) is 5.37. The molecule has 2 nitrogen and oxygen atoms in total. The summed E-state index contributed by atoms with van der Waals surface area (Å²) in [7, 11) is 0. The van der Waals surface area contributed by atoms with Crippen LogP contribution in [0.4, 0.5) is 0 Å². The van der Waals surface area contributed by atoms with Crippen molar-refractivity contribution >= 4 is 27.6 Å². The van der Waals surface area contributed by atoms with Crippen LogP contribution < -0.4 is 0 Å². The number of hydrogen-bond acceptors (Lipinski definition) is 2. The van der Waals surface area contributed by atoms with Crippen LogP contribution in [0.15, 0.2) is 79.4 Å². The molecule has 0 aliphatic carbocycles. The summed E-state index contributed by atoms with van der Waals surface area (Å²) in [6.45, 7) is 10.2. The van der Waals surface area contributed by atoms with Crippen molar-refractivity contribution in [3.05, 3.63) is 102 Å². The normalized spacial score (nSPS) is 11.3. The third-order valence-electron chi connectivity index (χ3n) is 6.95. The lowest BCUT2D eigenvalue weighted by atomic mass is 9.85. The molecule has 168 valence electrons. The van der Waals surface area contributed by atoms with Crippen LogP contribution in [0, 0.1) is 13.8 Å². The van der Waals surface area contributed by atoms with Gasteiger partial charge in [-0.15, -0.1) is 0 Å². The number of benzene rings is 5. The van der Waals surface area contributed by atoms with Gasteiger partial charge in [0.1, 0.15) is 11.5 Å². The van der Waals surface area contributed by atoms with Gasteiger partial charge in [-0.1, -0.05) is 74.2 Å². The van der Waals surface area contributed by atoms with Gasteiger partial charge in [0.15, 0.2) is 0 Å². The Balaban J connectivity index is 1.96. The second kappa shape index (κ2) is 8.39. The van der Waals surface area contributed by atoms with Crippen molar-refractivity contribution in [2.45, 2.75) is 27.2 Å². The molecule has 0 aliphatic heterocycles. The van der Waals surface area contributed by atoms with Crippen LogP contribution in [0.3, 0.4) is 0 Å². The number of rotatable bonds is 4. The van der Waals surface area contributed by atoms with Crippen LogP contribution in [0.5, 0.6) is 11.5 Å². The van der Waals surface area contributed by atoms with Gasteiger partial charge < -0.3 is 10.2 Å². The molecule has 0 amide bonds. The largest absolute Gasteiger partial charge is 0.507 e. The monoisotopic (exact) mass is 444 g/mol. The molecular formula is C32H28O2. The molecule has 34 heavy (non-hydrogen) atoms. The number of phenols is 2. The average Bonchev–Trinajstić information content (AvgIpc) is 2.85. The Morgan fingerprint density at radius 1 is 0.765 bits per heavy atom. The summed E-state index contributed by atoms with van der Waals surface area (Å²) >= 11 is 0. The first-order chi connectivity index (χ1) is 16.4. The molecule has 0 saturated carbocycles. The Bertz CT molecular complexity index is 1580. The molecule has 0 aromatic heterocycles. The fourth-order valence-corrected chi connectivity index (χ4v) is 5.21. The van der Waals surface area contributed by atoms with Gasteiger partial charge in [-0.05, 0) is 93.4 Å². The van der Waals surface area contributed by atoms with Gasteiger partial charge in [-0.3, -0.25) is 0 Å². The lowest BCUT2D eigenvalue weighted by Crippen LogP contribution is -1.95. The van der Waals surface area contributed by atoms with E-state index in [0.717, 1.165) is 50.2 Å². The van der Waals surface area contributed by atoms with E-state index >= 15 is 0 Å². The van der Waals surface area contributed by atoms with E-state index < -0.39 is 0 Å². The first-order valence-corrected chi connectivity index (χ1v) is 11.7. The molecule has 5 aromatic carbocycles. The Hall–Kier alpha value is -4.04. The van der Waals surface area contributed by atoms with Crippen LogP contribution in [-0.4, -0.2) is 10.2 Å². The van der Waals surface area contributed by atoms with E-state index in [1.165, 1.54) is 11.1 Å². The first-order valence-electron chi connectivity index (χ1n) is 11.7. The third-order valence-corrected chi connectivity index (χ3v) is 6.95. The molecule has 0 spiro atoms. The lowest BCUT2D eigenvalue weighted by molar-refractivity contribution is 0.470. The fourth-order valence-electron chi connectivity index (χ4n) is 5.21. The van der Waals surface area contributed by atoms with Gasteiger partial charge in [0.25, 0.3) is 0 Å². The maximum Gasteiger partial charge on any atom is 0.124 e. The lowest BCUT2D eigenvalue weighted by Gasteiger charge is -2.20. The van der Waals surface area contributed by atoms with Crippen LogP contribution in [0.1, 0.15) is 29.2 Å². The van der Waals surface area contributed by atoms with Gasteiger partial charge in [0.2, 0.25) is 0 Å². The van der Waals surface area contributed by atoms with E-state index in [9.17, 15) is 10.2 Å². The van der Waals surface area contributed by atoms with Crippen molar-refractivity contribution in [1.82, 2.24) is 0 Å². The predicted molar refractivity (Wildman–Crippen MR) is 145 cm³/mol. The van der Waals surface area contributed by atoms with E-state index in [0.29, 0.717) is 11.1 Å². The number of aromatic hydroxyl groups is 2. The number of fused-ring (bicyclic) bond motifs is 2. The molecule has 5 rings (SSSR count). The maximum absolute atomic E-state index is 11.4. The summed E-state index contributed by atoms with van der Waals surface area (Å²) in [5.41, 5.74) is 7.84. The SMILES string of the molecule is C=Cc1ccc2c(-c3c(O)cc(-c4ccccc4)c4c(C)c(CC)ccc34)c(O)cc(C)c2c1. The molecule has 2 N–H and O–H groups in total. The summed E-state index contributed by atoms with van der Waals surface area (Å²) in [5.74, 6) is 0.320. The second-order valence-corrected chi connectivity index (χ2v) is 8.91. The molecule has 0 saturated heterocycles. The van der Waals surface area contributed by atoms with Crippen molar-refractivity contribution < 1.29 is 10.2 Å². The summed E-state index contributed by atoms with van der Waals surface area (Å²) in [6.07, 6.45) is 2.75. The second-order valence-electron chi connectivity index (χ2n) is 8.91. The quantitative estimate of drug-likeness (QED) is 0.291. The fraction of sp³-hybridized carbons (Fsp3) is 0.125. The third kappa shape index (κ3) is 3.34. The first kappa shape index (κ1) is 21.8. The molecule has 0 atom stereocenters. The molecule has 5 aromatic rings. The van der Waals surface area contributed by atoms with Gasteiger partial charge in [-0.2, -0.15) is 0 Å². The molecule has 0 fully saturated rings. The van der Waals surface area contributed by atoms with E-state index in [1.807, 2.05) is 49.4 Å². The minimum absolute atomic E-state index is 0.156. The highest BCUT2D eigenvalue weighted by Crippen LogP contribution is 2.49. The summed E-state index contributed by atoms with van der Waals surface area (Å²) < 4.78 is 0. The van der Waals surface area contributed by atoms with Gasteiger partial charge in [0.05, 0.1) is 0 Å². The molecule has 0 aliphatic rings. The van der Waals surface area contributed by atoms with Gasteiger partial charge in [-0.25, -0.2) is 0 Å². The average molecular weight is 445 g/mol. The zero-order valence-electron chi connectivity index (χ0n) is 19.8. The molecule has 0 radical (unpaired) electrons. The molecule has 2 heteroatoms. The minimum Gasteiger partial charge on any atom is -0.507 e. The van der Waals surface area contributed by atoms with Crippen molar-refractivity contribution in [1.29, 1.82) is 0 Å².